The van der Waals surface area contributed by atoms with Crippen LogP contribution in [-0.2, 0) is 6.42 Å². The standard InChI is InChI=1S/C18H21FN4O4/c1-20-5-7-22(8-6-20)15-10-3-4-21(2)23-9-11(18(26)27)16(24)12(14(10)23)17(25)13(15)19/h9,25H,3-8H2,1-2H3,(H,26,27). The second-order valence-corrected chi connectivity index (χ2v) is 7.16. The van der Waals surface area contributed by atoms with E-state index in [0.29, 0.717) is 42.8 Å². The van der Waals surface area contributed by atoms with Crippen molar-refractivity contribution in [2.45, 2.75) is 6.42 Å². The van der Waals surface area contributed by atoms with Gasteiger partial charge in [0.2, 0.25) is 5.43 Å². The molecule has 0 atom stereocenters. The van der Waals surface area contributed by atoms with Gasteiger partial charge in [-0.1, -0.05) is 0 Å². The topological polar surface area (TPSA) is 89.2 Å². The van der Waals surface area contributed by atoms with E-state index in [4.69, 9.17) is 0 Å². The summed E-state index contributed by atoms with van der Waals surface area (Å²) in [5, 5.41) is 21.4. The summed E-state index contributed by atoms with van der Waals surface area (Å²) in [6.07, 6.45) is 1.75. The number of hydrogen-bond donors (Lipinski definition) is 2. The highest BCUT2D eigenvalue weighted by Gasteiger charge is 2.32. The molecule has 144 valence electrons. The van der Waals surface area contributed by atoms with Gasteiger partial charge in [-0.25, -0.2) is 9.18 Å². The van der Waals surface area contributed by atoms with E-state index in [2.05, 4.69) is 4.90 Å². The van der Waals surface area contributed by atoms with Gasteiger partial charge < -0.3 is 25.0 Å². The molecule has 1 saturated heterocycles. The SMILES string of the molecule is CN1CCN(c2c(F)c(O)c3c(=O)c(C(=O)O)cn4c3c2CCN4C)CC1. The van der Waals surface area contributed by atoms with Gasteiger partial charge in [-0.3, -0.25) is 9.47 Å². The molecule has 4 rings (SSSR count). The lowest BCUT2D eigenvalue weighted by molar-refractivity contribution is 0.0695. The van der Waals surface area contributed by atoms with Crippen molar-refractivity contribution >= 4 is 22.6 Å². The zero-order valence-corrected chi connectivity index (χ0v) is 15.2. The molecule has 1 fully saturated rings. The predicted octanol–water partition coefficient (Wildman–Crippen LogP) is 0.420. The summed E-state index contributed by atoms with van der Waals surface area (Å²) in [7, 11) is 3.75. The molecule has 2 N–H and O–H groups in total. The summed E-state index contributed by atoms with van der Waals surface area (Å²) in [5.41, 5.74) is -0.0307. The first-order chi connectivity index (χ1) is 12.8. The number of aromatic nitrogens is 1. The molecule has 0 spiro atoms. The normalized spacial score (nSPS) is 17.6. The number of likely N-dealkylation sites (N-methyl/N-ethyl adjacent to an activating group) is 2. The molecule has 3 heterocycles. The smallest absolute Gasteiger partial charge is 0.341 e. The number of pyridine rings is 1. The molecule has 0 aliphatic carbocycles. The van der Waals surface area contributed by atoms with Gasteiger partial charge in [-0.15, -0.1) is 0 Å². The Kier molecular flexibility index (Phi) is 3.99. The third-order valence-electron chi connectivity index (χ3n) is 5.52. The number of halogens is 1. The van der Waals surface area contributed by atoms with Gasteiger partial charge in [-0.05, 0) is 13.5 Å². The summed E-state index contributed by atoms with van der Waals surface area (Å²) in [6.45, 7) is 3.29. The minimum Gasteiger partial charge on any atom is -0.504 e. The minimum absolute atomic E-state index is 0.271. The molecule has 0 amide bonds. The van der Waals surface area contributed by atoms with Crippen LogP contribution in [0, 0.1) is 5.82 Å². The molecule has 27 heavy (non-hydrogen) atoms. The first-order valence-electron chi connectivity index (χ1n) is 8.82. The molecule has 8 nitrogen and oxygen atoms in total. The molecule has 1 aromatic heterocycles. The molecule has 0 unspecified atom stereocenters. The number of benzene rings is 1. The molecule has 2 aliphatic heterocycles. The van der Waals surface area contributed by atoms with E-state index >= 15 is 4.39 Å². The van der Waals surface area contributed by atoms with Gasteiger partial charge in [0.05, 0.1) is 16.6 Å². The third-order valence-corrected chi connectivity index (χ3v) is 5.52. The Morgan fingerprint density at radius 2 is 1.81 bits per heavy atom. The van der Waals surface area contributed by atoms with Crippen molar-refractivity contribution in [3.63, 3.8) is 0 Å². The summed E-state index contributed by atoms with van der Waals surface area (Å²) < 4.78 is 16.8. The lowest BCUT2D eigenvalue weighted by Gasteiger charge is -2.38. The van der Waals surface area contributed by atoms with Crippen molar-refractivity contribution in [2.24, 2.45) is 0 Å². The zero-order valence-electron chi connectivity index (χ0n) is 15.2. The number of aromatic carboxylic acids is 1. The molecule has 2 aromatic rings. The Labute approximate surface area is 154 Å². The average Bonchev–Trinajstić information content (AvgIpc) is 2.63. The minimum atomic E-state index is -1.41. The molecular formula is C18H21FN4O4. The number of anilines is 1. The van der Waals surface area contributed by atoms with Crippen molar-refractivity contribution in [2.75, 3.05) is 56.7 Å². The van der Waals surface area contributed by atoms with Gasteiger partial charge in [0.25, 0.3) is 0 Å². The van der Waals surface area contributed by atoms with Gasteiger partial charge in [-0.2, -0.15) is 0 Å². The lowest BCUT2D eigenvalue weighted by atomic mass is 9.98. The largest absolute Gasteiger partial charge is 0.504 e. The van der Waals surface area contributed by atoms with E-state index in [1.807, 2.05) is 11.9 Å². The maximum absolute atomic E-state index is 15.2. The summed E-state index contributed by atoms with van der Waals surface area (Å²) in [4.78, 5) is 28.2. The Bertz CT molecular complexity index is 1010. The van der Waals surface area contributed by atoms with Gasteiger partial charge in [0, 0.05) is 51.5 Å². The van der Waals surface area contributed by atoms with Crippen LogP contribution in [0.5, 0.6) is 5.75 Å². The highest BCUT2D eigenvalue weighted by atomic mass is 19.1. The van der Waals surface area contributed by atoms with Crippen LogP contribution in [0.25, 0.3) is 10.9 Å². The maximum Gasteiger partial charge on any atom is 0.341 e. The summed E-state index contributed by atoms with van der Waals surface area (Å²) in [5.74, 6) is -3.04. The fraction of sp³-hybridized carbons (Fsp3) is 0.444. The van der Waals surface area contributed by atoms with Crippen molar-refractivity contribution in [3.8, 4) is 5.75 Å². The highest BCUT2D eigenvalue weighted by molar-refractivity contribution is 5.98. The zero-order chi connectivity index (χ0) is 19.5. The number of aromatic hydroxyl groups is 1. The number of phenols is 1. The fourth-order valence-electron chi connectivity index (χ4n) is 3.98. The highest BCUT2D eigenvalue weighted by Crippen LogP contribution is 2.40. The third kappa shape index (κ3) is 2.53. The van der Waals surface area contributed by atoms with Crippen LogP contribution in [-0.4, -0.2) is 72.6 Å². The van der Waals surface area contributed by atoms with Crippen LogP contribution in [0.15, 0.2) is 11.0 Å². The van der Waals surface area contributed by atoms with Crippen LogP contribution < -0.4 is 15.3 Å². The maximum atomic E-state index is 15.2. The monoisotopic (exact) mass is 376 g/mol. The van der Waals surface area contributed by atoms with Crippen molar-refractivity contribution in [3.05, 3.63) is 33.4 Å². The Morgan fingerprint density at radius 1 is 1.15 bits per heavy atom. The van der Waals surface area contributed by atoms with E-state index < -0.39 is 28.5 Å². The first kappa shape index (κ1) is 17.6. The van der Waals surface area contributed by atoms with E-state index in [9.17, 15) is 19.8 Å². The quantitative estimate of drug-likeness (QED) is 0.785. The molecule has 0 radical (unpaired) electrons. The van der Waals surface area contributed by atoms with E-state index in [0.717, 1.165) is 13.1 Å². The first-order valence-corrected chi connectivity index (χ1v) is 8.82. The molecule has 1 aromatic carbocycles. The number of carbonyl (C=O) groups is 1. The van der Waals surface area contributed by atoms with Gasteiger partial charge in [0.1, 0.15) is 5.56 Å². The van der Waals surface area contributed by atoms with Crippen molar-refractivity contribution < 1.29 is 19.4 Å². The van der Waals surface area contributed by atoms with Gasteiger partial charge >= 0.3 is 5.97 Å². The van der Waals surface area contributed by atoms with Crippen LogP contribution in [0.2, 0.25) is 0 Å². The second-order valence-electron chi connectivity index (χ2n) is 7.16. The Morgan fingerprint density at radius 3 is 2.44 bits per heavy atom. The predicted molar refractivity (Wildman–Crippen MR) is 99.2 cm³/mol. The number of phenolic OH excluding ortho intramolecular Hbond substituents is 1. The number of piperazine rings is 1. The van der Waals surface area contributed by atoms with Crippen LogP contribution in [0.3, 0.4) is 0 Å². The fourth-order valence-corrected chi connectivity index (χ4v) is 3.98. The van der Waals surface area contributed by atoms with Crippen LogP contribution in [0.4, 0.5) is 10.1 Å². The van der Waals surface area contributed by atoms with E-state index in [-0.39, 0.29) is 5.39 Å². The summed E-state index contributed by atoms with van der Waals surface area (Å²) in [6, 6.07) is 0. The number of rotatable bonds is 2. The number of carboxylic acid groups (broad SMARTS) is 1. The number of hydrogen-bond acceptors (Lipinski definition) is 6. The summed E-state index contributed by atoms with van der Waals surface area (Å²) >= 11 is 0. The van der Waals surface area contributed by atoms with Gasteiger partial charge in [0.15, 0.2) is 11.6 Å². The molecule has 0 bridgehead atoms. The Balaban J connectivity index is 2.07. The van der Waals surface area contributed by atoms with E-state index in [1.165, 1.54) is 10.9 Å². The molecule has 0 saturated carbocycles. The number of carboxylic acids is 1. The number of nitrogens with zero attached hydrogens (tertiary/aromatic N) is 4. The lowest BCUT2D eigenvalue weighted by Crippen LogP contribution is -2.46. The molecule has 2 aliphatic rings. The van der Waals surface area contributed by atoms with Crippen LogP contribution in [0.1, 0.15) is 15.9 Å². The van der Waals surface area contributed by atoms with Crippen molar-refractivity contribution in [1.29, 1.82) is 0 Å². The molecular weight excluding hydrogens is 355 g/mol. The average molecular weight is 376 g/mol. The second kappa shape index (κ2) is 6.12. The van der Waals surface area contributed by atoms with E-state index in [1.54, 1.807) is 12.1 Å². The van der Waals surface area contributed by atoms with Crippen molar-refractivity contribution in [1.82, 2.24) is 9.58 Å². The molecule has 9 heteroatoms. The Hall–Kier alpha value is -2.81. The van der Waals surface area contributed by atoms with Crippen LogP contribution >= 0.6 is 0 Å².